The van der Waals surface area contributed by atoms with Crippen molar-refractivity contribution in [1.82, 2.24) is 16.0 Å². The minimum absolute atomic E-state index is 0.0427. The summed E-state index contributed by atoms with van der Waals surface area (Å²) in [5.41, 5.74) is 12.1. The fraction of sp³-hybridized carbons (Fsp3) is 0.560. The van der Waals surface area contributed by atoms with E-state index in [2.05, 4.69) is 16.0 Å². The highest BCUT2D eigenvalue weighted by Crippen LogP contribution is 2.09. The lowest BCUT2D eigenvalue weighted by atomic mass is 10.0. The number of hydrogen-bond donors (Lipinski definition) is 7. The first-order valence-electron chi connectivity index (χ1n) is 12.3. The first-order chi connectivity index (χ1) is 17.5. The van der Waals surface area contributed by atoms with Crippen LogP contribution in [0.2, 0.25) is 0 Å². The number of nitrogens with one attached hydrogen (secondary N) is 3. The van der Waals surface area contributed by atoms with Gasteiger partial charge in [-0.1, -0.05) is 50.6 Å². The van der Waals surface area contributed by atoms with Gasteiger partial charge in [0, 0.05) is 12.8 Å². The lowest BCUT2D eigenvalue weighted by Crippen LogP contribution is -2.58. The van der Waals surface area contributed by atoms with Crippen molar-refractivity contribution in [2.24, 2.45) is 17.4 Å². The summed E-state index contributed by atoms with van der Waals surface area (Å²) in [7, 11) is 0. The standard InChI is InChI=1S/C25H39N5O7/c1-15(2)21(25(36)37)30-24(35)19(14-16-8-4-3-5-9-16)29-23(34)18(11-12-20(31)32)28-22(33)17(27)10-6-7-13-26/h3-5,8-9,15,17-19,21H,6-7,10-14,26-27H2,1-2H3,(H,28,33)(H,29,34)(H,30,35)(H,31,32)(H,36,37). The Morgan fingerprint density at radius 1 is 0.838 bits per heavy atom. The number of benzene rings is 1. The van der Waals surface area contributed by atoms with E-state index in [1.54, 1.807) is 44.2 Å². The lowest BCUT2D eigenvalue weighted by molar-refractivity contribution is -0.143. The molecule has 12 nitrogen and oxygen atoms in total. The third kappa shape index (κ3) is 11.8. The number of carboxylic acids is 2. The summed E-state index contributed by atoms with van der Waals surface area (Å²) in [5.74, 6) is -4.94. The number of carbonyl (C=O) groups excluding carboxylic acids is 3. The van der Waals surface area contributed by atoms with Gasteiger partial charge >= 0.3 is 11.9 Å². The average molecular weight is 522 g/mol. The Kier molecular flexibility index (Phi) is 13.9. The Hall–Kier alpha value is -3.51. The molecule has 206 valence electrons. The number of unbranched alkanes of at least 4 members (excludes halogenated alkanes) is 1. The number of amides is 3. The normalized spacial score (nSPS) is 14.2. The molecule has 0 saturated heterocycles. The molecule has 0 saturated carbocycles. The molecule has 0 aliphatic heterocycles. The van der Waals surface area contributed by atoms with E-state index in [0.29, 0.717) is 31.4 Å². The van der Waals surface area contributed by atoms with Crippen LogP contribution >= 0.6 is 0 Å². The van der Waals surface area contributed by atoms with Crippen LogP contribution in [0, 0.1) is 5.92 Å². The number of hydrogen-bond acceptors (Lipinski definition) is 7. The van der Waals surface area contributed by atoms with Crippen LogP contribution in [0.3, 0.4) is 0 Å². The van der Waals surface area contributed by atoms with E-state index >= 15 is 0 Å². The Balaban J connectivity index is 3.09. The monoisotopic (exact) mass is 521 g/mol. The fourth-order valence-corrected chi connectivity index (χ4v) is 3.55. The molecular formula is C25H39N5O7. The second-order valence-electron chi connectivity index (χ2n) is 9.20. The number of carboxylic acid groups (broad SMARTS) is 2. The van der Waals surface area contributed by atoms with E-state index in [1.807, 2.05) is 0 Å². The highest BCUT2D eigenvalue weighted by molar-refractivity contribution is 5.94. The van der Waals surface area contributed by atoms with E-state index in [0.717, 1.165) is 0 Å². The lowest BCUT2D eigenvalue weighted by Gasteiger charge is -2.26. The van der Waals surface area contributed by atoms with Crippen molar-refractivity contribution >= 4 is 29.7 Å². The van der Waals surface area contributed by atoms with Gasteiger partial charge in [-0.2, -0.15) is 0 Å². The largest absolute Gasteiger partial charge is 0.481 e. The maximum atomic E-state index is 13.2. The van der Waals surface area contributed by atoms with E-state index in [-0.39, 0.29) is 12.8 Å². The van der Waals surface area contributed by atoms with Crippen molar-refractivity contribution in [2.45, 2.75) is 76.5 Å². The predicted octanol–water partition coefficient (Wildman–Crippen LogP) is -0.255. The zero-order valence-electron chi connectivity index (χ0n) is 21.3. The molecule has 12 heteroatoms. The molecular weight excluding hydrogens is 482 g/mol. The Morgan fingerprint density at radius 3 is 1.97 bits per heavy atom. The minimum Gasteiger partial charge on any atom is -0.481 e. The van der Waals surface area contributed by atoms with Crippen molar-refractivity contribution in [3.63, 3.8) is 0 Å². The summed E-state index contributed by atoms with van der Waals surface area (Å²) >= 11 is 0. The quantitative estimate of drug-likeness (QED) is 0.134. The molecule has 1 aromatic carbocycles. The molecule has 1 rings (SSSR count). The van der Waals surface area contributed by atoms with E-state index in [4.69, 9.17) is 16.6 Å². The van der Waals surface area contributed by atoms with Crippen molar-refractivity contribution in [3.8, 4) is 0 Å². The maximum Gasteiger partial charge on any atom is 0.326 e. The van der Waals surface area contributed by atoms with Gasteiger partial charge in [0.1, 0.15) is 18.1 Å². The van der Waals surface area contributed by atoms with E-state index < -0.39 is 66.2 Å². The third-order valence-corrected chi connectivity index (χ3v) is 5.73. The summed E-state index contributed by atoms with van der Waals surface area (Å²) in [4.78, 5) is 61.5. The molecule has 0 heterocycles. The smallest absolute Gasteiger partial charge is 0.326 e. The van der Waals surface area contributed by atoms with Gasteiger partial charge in [-0.3, -0.25) is 19.2 Å². The number of nitrogens with two attached hydrogens (primary N) is 2. The van der Waals surface area contributed by atoms with Crippen molar-refractivity contribution < 1.29 is 34.2 Å². The van der Waals surface area contributed by atoms with E-state index in [1.165, 1.54) is 0 Å². The SMILES string of the molecule is CC(C)C(NC(=O)C(Cc1ccccc1)NC(=O)C(CCC(=O)O)NC(=O)C(N)CCCCN)C(=O)O. The maximum absolute atomic E-state index is 13.2. The number of aliphatic carboxylic acids is 2. The summed E-state index contributed by atoms with van der Waals surface area (Å²) in [5, 5.41) is 26.1. The van der Waals surface area contributed by atoms with E-state index in [9.17, 15) is 29.1 Å². The van der Waals surface area contributed by atoms with Crippen LogP contribution in [0.4, 0.5) is 0 Å². The zero-order chi connectivity index (χ0) is 28.0. The van der Waals surface area contributed by atoms with Crippen LogP contribution < -0.4 is 27.4 Å². The summed E-state index contributed by atoms with van der Waals surface area (Å²) in [6.07, 6.45) is 1.02. The second kappa shape index (κ2) is 16.3. The van der Waals surface area contributed by atoms with Crippen LogP contribution in [0.5, 0.6) is 0 Å². The summed E-state index contributed by atoms with van der Waals surface area (Å²) in [6, 6.07) is 4.22. The second-order valence-corrected chi connectivity index (χ2v) is 9.20. The molecule has 4 atom stereocenters. The molecule has 0 bridgehead atoms. The Labute approximate surface area is 216 Å². The third-order valence-electron chi connectivity index (χ3n) is 5.73. The van der Waals surface area contributed by atoms with Crippen LogP contribution in [-0.4, -0.2) is 70.6 Å². The highest BCUT2D eigenvalue weighted by Gasteiger charge is 2.31. The van der Waals surface area contributed by atoms with Gasteiger partial charge in [-0.05, 0) is 37.3 Å². The van der Waals surface area contributed by atoms with Crippen molar-refractivity contribution in [1.29, 1.82) is 0 Å². The molecule has 0 spiro atoms. The molecule has 0 aliphatic carbocycles. The van der Waals surface area contributed by atoms with Crippen LogP contribution in [-0.2, 0) is 30.4 Å². The number of carbonyl (C=O) groups is 5. The van der Waals surface area contributed by atoms with Crippen molar-refractivity contribution in [3.05, 3.63) is 35.9 Å². The van der Waals surface area contributed by atoms with Crippen LogP contribution in [0.25, 0.3) is 0 Å². The first-order valence-corrected chi connectivity index (χ1v) is 12.3. The molecule has 0 aromatic heterocycles. The Morgan fingerprint density at radius 2 is 1.43 bits per heavy atom. The average Bonchev–Trinajstić information content (AvgIpc) is 2.84. The van der Waals surface area contributed by atoms with Gasteiger partial charge in [0.15, 0.2) is 0 Å². The molecule has 0 aliphatic rings. The van der Waals surface area contributed by atoms with Gasteiger partial charge in [0.05, 0.1) is 6.04 Å². The van der Waals surface area contributed by atoms with Gasteiger partial charge in [0.2, 0.25) is 17.7 Å². The van der Waals surface area contributed by atoms with Gasteiger partial charge in [-0.15, -0.1) is 0 Å². The van der Waals surface area contributed by atoms with Crippen LogP contribution in [0.1, 0.15) is 51.5 Å². The molecule has 37 heavy (non-hydrogen) atoms. The molecule has 1 aromatic rings. The molecule has 0 fully saturated rings. The first kappa shape index (κ1) is 31.5. The number of rotatable bonds is 17. The predicted molar refractivity (Wildman–Crippen MR) is 136 cm³/mol. The van der Waals surface area contributed by atoms with Gasteiger partial charge < -0.3 is 37.6 Å². The fourth-order valence-electron chi connectivity index (χ4n) is 3.55. The van der Waals surface area contributed by atoms with Gasteiger partial charge in [0.25, 0.3) is 0 Å². The summed E-state index contributed by atoms with van der Waals surface area (Å²) in [6.45, 7) is 3.72. The van der Waals surface area contributed by atoms with Crippen LogP contribution in [0.15, 0.2) is 30.3 Å². The topological polar surface area (TPSA) is 214 Å². The molecule has 4 unspecified atom stereocenters. The molecule has 0 radical (unpaired) electrons. The highest BCUT2D eigenvalue weighted by atomic mass is 16.4. The Bertz CT molecular complexity index is 910. The minimum atomic E-state index is -1.27. The van der Waals surface area contributed by atoms with Gasteiger partial charge in [-0.25, -0.2) is 4.79 Å². The zero-order valence-corrected chi connectivity index (χ0v) is 21.3. The summed E-state index contributed by atoms with van der Waals surface area (Å²) < 4.78 is 0. The van der Waals surface area contributed by atoms with Crippen molar-refractivity contribution in [2.75, 3.05) is 6.54 Å². The molecule has 3 amide bonds. The molecule has 9 N–H and O–H groups in total.